The molecule has 0 saturated heterocycles. The van der Waals surface area contributed by atoms with Gasteiger partial charge in [0.05, 0.1) is 39.5 Å². The molecule has 7 heteroatoms. The molecule has 0 spiro atoms. The van der Waals surface area contributed by atoms with Crippen molar-refractivity contribution in [1.82, 2.24) is 15.0 Å². The highest BCUT2D eigenvalue weighted by molar-refractivity contribution is 6.30. The van der Waals surface area contributed by atoms with Gasteiger partial charge >= 0.3 is 0 Å². The van der Waals surface area contributed by atoms with Gasteiger partial charge in [0.15, 0.2) is 0 Å². The van der Waals surface area contributed by atoms with Crippen LogP contribution in [0, 0.1) is 5.41 Å². The van der Waals surface area contributed by atoms with Crippen LogP contribution >= 0.6 is 11.6 Å². The predicted octanol–water partition coefficient (Wildman–Crippen LogP) is 1.99. The Hall–Kier alpha value is -1.92. The number of methoxy groups -OCH3 is 1. The lowest BCUT2D eigenvalue weighted by atomic mass is 9.83. The molecule has 1 N–H and O–H groups in total. The summed E-state index contributed by atoms with van der Waals surface area (Å²) in [6.07, 6.45) is 1.72. The SMILES string of the molecule is COCc1nn2cc(Cl)ccc2c1C1=NNC(=O)C1(C)C. The first-order valence-electron chi connectivity index (χ1n) is 6.50. The van der Waals surface area contributed by atoms with Gasteiger partial charge in [0.2, 0.25) is 0 Å². The Bertz CT molecular complexity index is 764. The van der Waals surface area contributed by atoms with Crippen LogP contribution in [0.2, 0.25) is 5.02 Å². The molecule has 0 fully saturated rings. The van der Waals surface area contributed by atoms with Gasteiger partial charge in [0.25, 0.3) is 5.91 Å². The van der Waals surface area contributed by atoms with E-state index in [2.05, 4.69) is 15.6 Å². The monoisotopic (exact) mass is 306 g/mol. The zero-order chi connectivity index (χ0) is 15.2. The van der Waals surface area contributed by atoms with E-state index in [1.807, 2.05) is 19.9 Å². The van der Waals surface area contributed by atoms with Gasteiger partial charge in [0, 0.05) is 13.3 Å². The predicted molar refractivity (Wildman–Crippen MR) is 79.4 cm³/mol. The second kappa shape index (κ2) is 4.82. The number of carbonyl (C=O) groups is 1. The van der Waals surface area contributed by atoms with Crippen molar-refractivity contribution in [2.45, 2.75) is 20.5 Å². The Morgan fingerprint density at radius 3 is 2.81 bits per heavy atom. The third-order valence-electron chi connectivity index (χ3n) is 3.61. The van der Waals surface area contributed by atoms with Crippen molar-refractivity contribution in [1.29, 1.82) is 0 Å². The molecule has 1 aliphatic heterocycles. The molecular formula is C14H15ClN4O2. The standard InChI is InChI=1S/C14H15ClN4O2/c1-14(2)12(16-17-13(14)20)11-9(7-21-3)18-19-6-8(15)4-5-10(11)19/h4-6H,7H2,1-3H3,(H,17,20). The first-order chi connectivity index (χ1) is 9.95. The van der Waals surface area contributed by atoms with Crippen LogP contribution in [0.3, 0.4) is 0 Å². The molecule has 0 bridgehead atoms. The van der Waals surface area contributed by atoms with Crippen molar-refractivity contribution in [3.05, 3.63) is 34.6 Å². The van der Waals surface area contributed by atoms with E-state index in [4.69, 9.17) is 16.3 Å². The van der Waals surface area contributed by atoms with Crippen molar-refractivity contribution in [2.24, 2.45) is 10.5 Å². The second-order valence-corrected chi connectivity index (χ2v) is 5.89. The molecule has 1 amide bonds. The molecule has 0 unspecified atom stereocenters. The second-order valence-electron chi connectivity index (χ2n) is 5.46. The van der Waals surface area contributed by atoms with E-state index < -0.39 is 5.41 Å². The third-order valence-corrected chi connectivity index (χ3v) is 3.84. The molecule has 6 nitrogen and oxygen atoms in total. The molecule has 1 aliphatic rings. The largest absolute Gasteiger partial charge is 0.378 e. The number of amides is 1. The Morgan fingerprint density at radius 2 is 2.19 bits per heavy atom. The summed E-state index contributed by atoms with van der Waals surface area (Å²) in [5.74, 6) is -0.130. The Labute approximate surface area is 126 Å². The number of nitrogens with one attached hydrogen (secondary N) is 1. The van der Waals surface area contributed by atoms with Crippen LogP contribution < -0.4 is 5.43 Å². The van der Waals surface area contributed by atoms with Crippen molar-refractivity contribution in [3.8, 4) is 0 Å². The third kappa shape index (κ3) is 2.11. The average Bonchev–Trinajstić information content (AvgIpc) is 2.88. The zero-order valence-electron chi connectivity index (χ0n) is 12.0. The highest BCUT2D eigenvalue weighted by Gasteiger charge is 2.41. The quantitative estimate of drug-likeness (QED) is 0.943. The van der Waals surface area contributed by atoms with Crippen LogP contribution in [0.5, 0.6) is 0 Å². The Kier molecular flexibility index (Phi) is 3.22. The maximum atomic E-state index is 12.0. The minimum atomic E-state index is -0.717. The van der Waals surface area contributed by atoms with E-state index in [1.165, 1.54) is 0 Å². The van der Waals surface area contributed by atoms with Crippen molar-refractivity contribution in [3.63, 3.8) is 0 Å². The van der Waals surface area contributed by atoms with Crippen molar-refractivity contribution < 1.29 is 9.53 Å². The fourth-order valence-corrected chi connectivity index (χ4v) is 2.59. The number of halogens is 1. The Balaban J connectivity index is 2.25. The fraction of sp³-hybridized carbons (Fsp3) is 0.357. The number of nitrogens with zero attached hydrogens (tertiary/aromatic N) is 3. The lowest BCUT2D eigenvalue weighted by Gasteiger charge is -2.16. The summed E-state index contributed by atoms with van der Waals surface area (Å²) < 4.78 is 6.90. The number of rotatable bonds is 3. The molecule has 2 aromatic rings. The molecule has 0 radical (unpaired) electrons. The number of hydrazone groups is 1. The molecule has 0 aliphatic carbocycles. The molecule has 3 rings (SSSR count). The first-order valence-corrected chi connectivity index (χ1v) is 6.87. The summed E-state index contributed by atoms with van der Waals surface area (Å²) in [4.78, 5) is 12.0. The normalized spacial score (nSPS) is 17.1. The number of ether oxygens (including phenoxy) is 1. The number of carbonyl (C=O) groups excluding carboxylic acids is 1. The van der Waals surface area contributed by atoms with E-state index in [-0.39, 0.29) is 5.91 Å². The molecular weight excluding hydrogens is 292 g/mol. The number of aromatic nitrogens is 2. The van der Waals surface area contributed by atoms with Gasteiger partial charge in [0.1, 0.15) is 0 Å². The summed E-state index contributed by atoms with van der Waals surface area (Å²) in [5.41, 5.74) is 4.87. The van der Waals surface area contributed by atoms with Gasteiger partial charge < -0.3 is 4.74 Å². The molecule has 2 aromatic heterocycles. The van der Waals surface area contributed by atoms with Crippen LogP contribution in [0.15, 0.2) is 23.4 Å². The van der Waals surface area contributed by atoms with E-state index in [9.17, 15) is 4.79 Å². The van der Waals surface area contributed by atoms with Crippen molar-refractivity contribution in [2.75, 3.05) is 7.11 Å². The number of hydrogen-bond donors (Lipinski definition) is 1. The molecule has 0 atom stereocenters. The van der Waals surface area contributed by atoms with E-state index >= 15 is 0 Å². The first kappa shape index (κ1) is 14.0. The Morgan fingerprint density at radius 1 is 1.43 bits per heavy atom. The smallest absolute Gasteiger partial charge is 0.251 e. The highest BCUT2D eigenvalue weighted by atomic mass is 35.5. The van der Waals surface area contributed by atoms with Crippen molar-refractivity contribution >= 4 is 28.7 Å². The minimum absolute atomic E-state index is 0.130. The number of fused-ring (bicyclic) bond motifs is 1. The van der Waals surface area contributed by atoms with Gasteiger partial charge in [-0.2, -0.15) is 10.2 Å². The molecule has 0 aromatic carbocycles. The average molecular weight is 307 g/mol. The van der Waals surface area contributed by atoms with Gasteiger partial charge in [-0.1, -0.05) is 11.6 Å². The number of hydrogen-bond acceptors (Lipinski definition) is 4. The summed E-state index contributed by atoms with van der Waals surface area (Å²) in [6, 6.07) is 3.65. The molecule has 21 heavy (non-hydrogen) atoms. The molecule has 110 valence electrons. The summed E-state index contributed by atoms with van der Waals surface area (Å²) >= 11 is 6.01. The van der Waals surface area contributed by atoms with E-state index in [0.29, 0.717) is 17.3 Å². The number of pyridine rings is 1. The van der Waals surface area contributed by atoms with Crippen LogP contribution in [-0.4, -0.2) is 28.3 Å². The van der Waals surface area contributed by atoms with Gasteiger partial charge in [-0.3, -0.25) is 4.79 Å². The van der Waals surface area contributed by atoms with Gasteiger partial charge in [-0.05, 0) is 26.0 Å². The maximum Gasteiger partial charge on any atom is 0.251 e. The zero-order valence-corrected chi connectivity index (χ0v) is 12.7. The van der Waals surface area contributed by atoms with Crippen LogP contribution in [0.4, 0.5) is 0 Å². The van der Waals surface area contributed by atoms with Gasteiger partial charge in [-0.25, -0.2) is 9.94 Å². The maximum absolute atomic E-state index is 12.0. The van der Waals surface area contributed by atoms with Crippen LogP contribution in [0.25, 0.3) is 5.52 Å². The fourth-order valence-electron chi connectivity index (χ4n) is 2.43. The summed E-state index contributed by atoms with van der Waals surface area (Å²) in [6.45, 7) is 4.01. The summed E-state index contributed by atoms with van der Waals surface area (Å²) in [7, 11) is 1.60. The molecule has 0 saturated carbocycles. The molecule has 3 heterocycles. The lowest BCUT2D eigenvalue weighted by molar-refractivity contribution is -0.125. The van der Waals surface area contributed by atoms with E-state index in [0.717, 1.165) is 16.8 Å². The highest BCUT2D eigenvalue weighted by Crippen LogP contribution is 2.31. The van der Waals surface area contributed by atoms with E-state index in [1.54, 1.807) is 23.9 Å². The minimum Gasteiger partial charge on any atom is -0.378 e. The van der Waals surface area contributed by atoms with Crippen LogP contribution in [-0.2, 0) is 16.1 Å². The topological polar surface area (TPSA) is 68.0 Å². The lowest BCUT2D eigenvalue weighted by Crippen LogP contribution is -2.32. The van der Waals surface area contributed by atoms with Gasteiger partial charge in [-0.15, -0.1) is 0 Å². The van der Waals surface area contributed by atoms with Crippen LogP contribution in [0.1, 0.15) is 25.1 Å². The summed E-state index contributed by atoms with van der Waals surface area (Å²) in [5, 5.41) is 9.27.